The van der Waals surface area contributed by atoms with Crippen molar-refractivity contribution in [3.8, 4) is 5.75 Å². The molecule has 0 spiro atoms. The maximum Gasteiger partial charge on any atom is 0.261 e. The predicted octanol–water partition coefficient (Wildman–Crippen LogP) is 5.66. The molecule has 1 aliphatic heterocycles. The van der Waals surface area contributed by atoms with Gasteiger partial charge in [-0.2, -0.15) is 0 Å². The van der Waals surface area contributed by atoms with Crippen LogP contribution in [0.15, 0.2) is 87.5 Å². The first-order valence-electron chi connectivity index (χ1n) is 11.3. The fourth-order valence-electron chi connectivity index (χ4n) is 3.92. The van der Waals surface area contributed by atoms with Crippen LogP contribution in [0.5, 0.6) is 5.75 Å². The highest BCUT2D eigenvalue weighted by molar-refractivity contribution is 7.99. The highest BCUT2D eigenvalue weighted by Crippen LogP contribution is 2.34. The Labute approximate surface area is 205 Å². The van der Waals surface area contributed by atoms with Gasteiger partial charge < -0.3 is 9.64 Å². The molecule has 8 heteroatoms. The number of carbonyl (C=O) groups excluding carboxylic acids is 1. The number of likely N-dealkylation sites (tertiary alicyclic amines) is 1. The summed E-state index contributed by atoms with van der Waals surface area (Å²) < 4.78 is 34.7. The van der Waals surface area contributed by atoms with Gasteiger partial charge in [-0.15, -0.1) is 0 Å². The van der Waals surface area contributed by atoms with Crippen LogP contribution in [0.3, 0.4) is 0 Å². The molecule has 0 radical (unpaired) electrons. The number of carbonyl (C=O) groups is 1. The van der Waals surface area contributed by atoms with E-state index in [0.717, 1.165) is 35.5 Å². The van der Waals surface area contributed by atoms with Gasteiger partial charge in [-0.05, 0) is 55.3 Å². The maximum atomic E-state index is 13.3. The minimum absolute atomic E-state index is 0.0194. The van der Waals surface area contributed by atoms with Crippen LogP contribution in [0, 0.1) is 0 Å². The molecule has 0 aromatic heterocycles. The molecule has 1 heterocycles. The molecular weight excluding hydrogens is 468 g/mol. The number of nitrogens with zero attached hydrogens (tertiary/aromatic N) is 1. The van der Waals surface area contributed by atoms with Gasteiger partial charge in [0.1, 0.15) is 5.75 Å². The minimum atomic E-state index is -3.94. The summed E-state index contributed by atoms with van der Waals surface area (Å²) in [6.07, 6.45) is 4.09. The molecule has 0 saturated carbocycles. The van der Waals surface area contributed by atoms with Gasteiger partial charge in [0.15, 0.2) is 0 Å². The van der Waals surface area contributed by atoms with E-state index >= 15 is 0 Å². The van der Waals surface area contributed by atoms with Crippen LogP contribution in [0.1, 0.15) is 36.0 Å². The molecular formula is C26H28N2O4S2. The van der Waals surface area contributed by atoms with Gasteiger partial charge in [0.25, 0.3) is 15.9 Å². The van der Waals surface area contributed by atoms with Crippen molar-refractivity contribution in [1.29, 1.82) is 0 Å². The topological polar surface area (TPSA) is 75.7 Å². The number of amides is 1. The van der Waals surface area contributed by atoms with Crippen LogP contribution >= 0.6 is 11.8 Å². The summed E-state index contributed by atoms with van der Waals surface area (Å²) in [4.78, 5) is 16.9. The minimum Gasteiger partial charge on any atom is -0.496 e. The fraction of sp³-hybridized carbons (Fsp3) is 0.269. The van der Waals surface area contributed by atoms with Crippen LogP contribution in [0.2, 0.25) is 0 Å². The molecule has 0 aliphatic carbocycles. The Bertz CT molecular complexity index is 1240. The Kier molecular flexibility index (Phi) is 7.80. The Morgan fingerprint density at radius 2 is 1.59 bits per heavy atom. The quantitative estimate of drug-likeness (QED) is 0.457. The Morgan fingerprint density at radius 1 is 0.912 bits per heavy atom. The second-order valence-electron chi connectivity index (χ2n) is 8.09. The summed E-state index contributed by atoms with van der Waals surface area (Å²) in [6.45, 7) is 1.34. The van der Waals surface area contributed by atoms with Crippen LogP contribution in [0.4, 0.5) is 5.69 Å². The Morgan fingerprint density at radius 3 is 2.29 bits per heavy atom. The van der Waals surface area contributed by atoms with Gasteiger partial charge in [0.05, 0.1) is 23.3 Å². The molecule has 1 amide bonds. The summed E-state index contributed by atoms with van der Waals surface area (Å²) >= 11 is 1.48. The first-order chi connectivity index (χ1) is 16.5. The summed E-state index contributed by atoms with van der Waals surface area (Å²) in [6, 6.07) is 21.5. The van der Waals surface area contributed by atoms with E-state index in [1.54, 1.807) is 23.1 Å². The van der Waals surface area contributed by atoms with Crippen molar-refractivity contribution in [3.05, 3.63) is 78.4 Å². The number of para-hydroxylation sites is 1. The van der Waals surface area contributed by atoms with Gasteiger partial charge in [0.2, 0.25) is 0 Å². The number of nitrogens with one attached hydrogen (secondary N) is 1. The molecule has 6 nitrogen and oxygen atoms in total. The van der Waals surface area contributed by atoms with E-state index in [1.807, 2.05) is 42.5 Å². The average Bonchev–Trinajstić information content (AvgIpc) is 3.14. The highest BCUT2D eigenvalue weighted by atomic mass is 32.2. The molecule has 0 atom stereocenters. The number of anilines is 1. The molecule has 34 heavy (non-hydrogen) atoms. The van der Waals surface area contributed by atoms with Gasteiger partial charge in [-0.3, -0.25) is 9.52 Å². The first-order valence-corrected chi connectivity index (χ1v) is 13.6. The maximum absolute atomic E-state index is 13.3. The van der Waals surface area contributed by atoms with Crippen molar-refractivity contribution in [2.75, 3.05) is 24.9 Å². The molecule has 1 N–H and O–H groups in total. The number of benzene rings is 3. The molecule has 0 unspecified atom stereocenters. The van der Waals surface area contributed by atoms with E-state index in [9.17, 15) is 13.2 Å². The van der Waals surface area contributed by atoms with E-state index in [2.05, 4.69) is 4.72 Å². The third-order valence-corrected chi connectivity index (χ3v) is 8.15. The number of hydrogen-bond donors (Lipinski definition) is 1. The second kappa shape index (κ2) is 11.0. The summed E-state index contributed by atoms with van der Waals surface area (Å²) in [5, 5.41) is 0. The standard InChI is InChI=1S/C26H28N2O4S2/c1-32-24-16-15-21(19-22(24)26(29)28-17-9-2-3-10-18-28)34(30,31)27-23-13-7-8-14-25(23)33-20-11-5-4-6-12-20/h4-8,11-16,19,27H,2-3,9-10,17-18H2,1H3. The lowest BCUT2D eigenvalue weighted by Crippen LogP contribution is -2.32. The zero-order chi connectivity index (χ0) is 24.0. The number of methoxy groups -OCH3 is 1. The first kappa shape index (κ1) is 24.2. The van der Waals surface area contributed by atoms with Crippen LogP contribution < -0.4 is 9.46 Å². The predicted molar refractivity (Wildman–Crippen MR) is 135 cm³/mol. The van der Waals surface area contributed by atoms with Crippen molar-refractivity contribution >= 4 is 33.4 Å². The number of hydrogen-bond acceptors (Lipinski definition) is 5. The zero-order valence-corrected chi connectivity index (χ0v) is 20.7. The van der Waals surface area contributed by atoms with E-state index in [-0.39, 0.29) is 16.4 Å². The normalized spacial score (nSPS) is 14.3. The lowest BCUT2D eigenvalue weighted by Gasteiger charge is -2.22. The molecule has 3 aromatic rings. The molecule has 1 saturated heterocycles. The number of ether oxygens (including phenoxy) is 1. The number of rotatable bonds is 7. The van der Waals surface area contributed by atoms with Crippen molar-refractivity contribution in [1.82, 2.24) is 4.90 Å². The lowest BCUT2D eigenvalue weighted by molar-refractivity contribution is 0.0758. The monoisotopic (exact) mass is 496 g/mol. The van der Waals surface area contributed by atoms with Gasteiger partial charge in [-0.25, -0.2) is 8.42 Å². The van der Waals surface area contributed by atoms with Crippen molar-refractivity contribution in [2.24, 2.45) is 0 Å². The molecule has 4 rings (SSSR count). The van der Waals surface area contributed by atoms with E-state index in [4.69, 9.17) is 4.74 Å². The molecule has 1 aliphatic rings. The highest BCUT2D eigenvalue weighted by Gasteiger charge is 2.24. The van der Waals surface area contributed by atoms with Gasteiger partial charge in [-0.1, -0.05) is 54.9 Å². The summed E-state index contributed by atoms with van der Waals surface area (Å²) in [7, 11) is -2.45. The Hall–Kier alpha value is -2.97. The third-order valence-electron chi connectivity index (χ3n) is 5.71. The van der Waals surface area contributed by atoms with Crippen LogP contribution in [-0.4, -0.2) is 39.4 Å². The van der Waals surface area contributed by atoms with Gasteiger partial charge >= 0.3 is 0 Å². The lowest BCUT2D eigenvalue weighted by atomic mass is 10.1. The van der Waals surface area contributed by atoms with Crippen molar-refractivity contribution < 1.29 is 17.9 Å². The summed E-state index contributed by atoms with van der Waals surface area (Å²) in [5.41, 5.74) is 0.742. The van der Waals surface area contributed by atoms with Crippen molar-refractivity contribution in [3.63, 3.8) is 0 Å². The molecule has 178 valence electrons. The van der Waals surface area contributed by atoms with Crippen LogP contribution in [0.25, 0.3) is 0 Å². The molecule has 3 aromatic carbocycles. The number of sulfonamides is 1. The van der Waals surface area contributed by atoms with Crippen molar-refractivity contribution in [2.45, 2.75) is 40.4 Å². The van der Waals surface area contributed by atoms with E-state index in [0.29, 0.717) is 24.5 Å². The van der Waals surface area contributed by atoms with Gasteiger partial charge in [0, 0.05) is 22.9 Å². The summed E-state index contributed by atoms with van der Waals surface area (Å²) in [5.74, 6) is 0.170. The Balaban J connectivity index is 1.62. The third kappa shape index (κ3) is 5.74. The molecule has 1 fully saturated rings. The largest absolute Gasteiger partial charge is 0.496 e. The molecule has 0 bridgehead atoms. The zero-order valence-electron chi connectivity index (χ0n) is 19.1. The SMILES string of the molecule is COc1ccc(S(=O)(=O)Nc2ccccc2Sc2ccccc2)cc1C(=O)N1CCCCCC1. The smallest absolute Gasteiger partial charge is 0.261 e. The van der Waals surface area contributed by atoms with E-state index < -0.39 is 10.0 Å². The second-order valence-corrected chi connectivity index (χ2v) is 10.9. The average molecular weight is 497 g/mol. The van der Waals surface area contributed by atoms with Crippen LogP contribution in [-0.2, 0) is 10.0 Å². The fourth-order valence-corrected chi connectivity index (χ4v) is 6.02. The van der Waals surface area contributed by atoms with E-state index in [1.165, 1.54) is 31.0 Å².